The molecule has 0 radical (unpaired) electrons. The van der Waals surface area contributed by atoms with Crippen molar-refractivity contribution in [2.24, 2.45) is 0 Å². The maximum Gasteiger partial charge on any atom is 0.223 e. The van der Waals surface area contributed by atoms with Gasteiger partial charge in [0.2, 0.25) is 11.8 Å². The Morgan fingerprint density at radius 3 is 2.66 bits per heavy atom. The molecule has 10 heteroatoms. The molecule has 8 nitrogen and oxygen atoms in total. The molecular weight excluding hydrogens is 471 g/mol. The number of aromatic hydroxyl groups is 2. The number of ether oxygens (including phenoxy) is 1. The zero-order chi connectivity index (χ0) is 24.5. The van der Waals surface area contributed by atoms with Crippen LogP contribution in [0.25, 0.3) is 15.9 Å². The summed E-state index contributed by atoms with van der Waals surface area (Å²) < 4.78 is 21.7. The average molecular weight is 499 g/mol. The molecule has 0 aliphatic carbocycles. The Hall–Kier alpha value is -3.34. The Bertz CT molecular complexity index is 1330. The largest absolute Gasteiger partial charge is 0.494 e. The van der Waals surface area contributed by atoms with Crippen molar-refractivity contribution in [1.29, 1.82) is 0 Å². The molecule has 1 aliphatic rings. The number of aromatic nitrogens is 2. The summed E-state index contributed by atoms with van der Waals surface area (Å²) in [5.41, 5.74) is 1.73. The number of benzene rings is 2. The first-order valence-corrected chi connectivity index (χ1v) is 12.2. The second-order valence-corrected chi connectivity index (χ2v) is 9.88. The van der Waals surface area contributed by atoms with Crippen molar-refractivity contribution >= 4 is 27.2 Å². The number of aliphatic hydroxyl groups is 1. The van der Waals surface area contributed by atoms with Crippen molar-refractivity contribution in [3.63, 3.8) is 0 Å². The van der Waals surface area contributed by atoms with Crippen molar-refractivity contribution in [2.45, 2.75) is 13.0 Å². The van der Waals surface area contributed by atoms with Gasteiger partial charge in [0.05, 0.1) is 20.9 Å². The van der Waals surface area contributed by atoms with Crippen molar-refractivity contribution in [3.8, 4) is 23.2 Å². The molecule has 3 N–H and O–H groups in total. The highest BCUT2D eigenvalue weighted by Crippen LogP contribution is 2.38. The second-order valence-electron chi connectivity index (χ2n) is 8.64. The minimum atomic E-state index is -0.652. The van der Waals surface area contributed by atoms with Crippen molar-refractivity contribution < 1.29 is 24.4 Å². The molecule has 1 atom stereocenters. The Balaban J connectivity index is 1.15. The predicted octanol–water partition coefficient (Wildman–Crippen LogP) is 3.51. The summed E-state index contributed by atoms with van der Waals surface area (Å²) >= 11 is 1.64. The van der Waals surface area contributed by atoms with Gasteiger partial charge in [0, 0.05) is 44.9 Å². The molecule has 1 fully saturated rings. The summed E-state index contributed by atoms with van der Waals surface area (Å²) in [6, 6.07) is 12.9. The third kappa shape index (κ3) is 5.04. The normalized spacial score (nSPS) is 15.6. The lowest BCUT2D eigenvalue weighted by atomic mass is 10.2. The van der Waals surface area contributed by atoms with E-state index < -0.39 is 11.9 Å². The number of halogens is 1. The van der Waals surface area contributed by atoms with Crippen LogP contribution in [0.4, 0.5) is 10.1 Å². The molecular formula is C25H27FN4O4S. The summed E-state index contributed by atoms with van der Waals surface area (Å²) in [5, 5.41) is 32.6. The van der Waals surface area contributed by atoms with Gasteiger partial charge in [-0.15, -0.1) is 11.3 Å². The van der Waals surface area contributed by atoms with E-state index in [4.69, 9.17) is 4.74 Å². The van der Waals surface area contributed by atoms with Gasteiger partial charge in [-0.25, -0.2) is 13.9 Å². The minimum absolute atomic E-state index is 0.137. The van der Waals surface area contributed by atoms with E-state index in [1.165, 1.54) is 28.8 Å². The van der Waals surface area contributed by atoms with E-state index >= 15 is 0 Å². The first-order valence-electron chi connectivity index (χ1n) is 11.4. The van der Waals surface area contributed by atoms with Crippen LogP contribution in [0.3, 0.4) is 0 Å². The van der Waals surface area contributed by atoms with Gasteiger partial charge >= 0.3 is 0 Å². The Morgan fingerprint density at radius 2 is 1.89 bits per heavy atom. The topological polar surface area (TPSA) is 94.2 Å². The maximum absolute atomic E-state index is 13.6. The Kier molecular flexibility index (Phi) is 6.50. The van der Waals surface area contributed by atoms with Crippen LogP contribution in [0.2, 0.25) is 0 Å². The molecule has 0 bridgehead atoms. The zero-order valence-corrected chi connectivity index (χ0v) is 20.1. The number of anilines is 1. The van der Waals surface area contributed by atoms with E-state index in [9.17, 15) is 19.7 Å². The summed E-state index contributed by atoms with van der Waals surface area (Å²) in [5.74, 6) is -0.0670. The predicted molar refractivity (Wildman–Crippen MR) is 134 cm³/mol. The quantitative estimate of drug-likeness (QED) is 0.359. The van der Waals surface area contributed by atoms with E-state index in [0.29, 0.717) is 49.8 Å². The molecule has 1 unspecified atom stereocenters. The summed E-state index contributed by atoms with van der Waals surface area (Å²) in [4.78, 5) is 8.58. The van der Waals surface area contributed by atoms with Gasteiger partial charge in [-0.1, -0.05) is 6.07 Å². The molecule has 184 valence electrons. The number of fused-ring (bicyclic) bond motifs is 1. The number of nitrogens with zero attached hydrogens (tertiary/aromatic N) is 4. The monoisotopic (exact) mass is 498 g/mol. The van der Waals surface area contributed by atoms with Crippen LogP contribution in [0, 0.1) is 12.7 Å². The lowest BCUT2D eigenvalue weighted by Gasteiger charge is -2.36. The molecule has 4 aromatic rings. The van der Waals surface area contributed by atoms with Gasteiger partial charge < -0.3 is 25.0 Å². The van der Waals surface area contributed by atoms with Crippen LogP contribution in [0.1, 0.15) is 5.01 Å². The van der Waals surface area contributed by atoms with E-state index in [1.807, 2.05) is 30.0 Å². The standard InChI is InChI=1S/C25H27FN4O4S/c1-16-27-21-12-20(5-6-23(21)35-16)34-15-19(31)14-28-7-9-29(10-8-28)22-13-24(32)30(25(22)33)18-4-2-3-17(26)11-18/h2-6,11-13,19,31-33H,7-10,14-15H2,1H3. The first kappa shape index (κ1) is 23.4. The third-order valence-corrected chi connectivity index (χ3v) is 7.04. The highest BCUT2D eigenvalue weighted by Gasteiger charge is 2.25. The number of hydrogen-bond acceptors (Lipinski definition) is 8. The van der Waals surface area contributed by atoms with Gasteiger partial charge in [0.15, 0.2) is 0 Å². The highest BCUT2D eigenvalue weighted by molar-refractivity contribution is 7.18. The number of hydrogen-bond donors (Lipinski definition) is 3. The molecule has 0 amide bonds. The molecule has 0 saturated carbocycles. The minimum Gasteiger partial charge on any atom is -0.494 e. The molecule has 35 heavy (non-hydrogen) atoms. The first-order chi connectivity index (χ1) is 16.9. The number of aryl methyl sites for hydroxylation is 1. The lowest BCUT2D eigenvalue weighted by Crippen LogP contribution is -2.49. The summed E-state index contributed by atoms with van der Waals surface area (Å²) in [7, 11) is 0. The van der Waals surface area contributed by atoms with Gasteiger partial charge in [-0.2, -0.15) is 0 Å². The van der Waals surface area contributed by atoms with Crippen molar-refractivity contribution in [1.82, 2.24) is 14.5 Å². The fourth-order valence-corrected chi connectivity index (χ4v) is 5.21. The van der Waals surface area contributed by atoms with Crippen LogP contribution in [0.5, 0.6) is 17.5 Å². The second kappa shape index (κ2) is 9.73. The van der Waals surface area contributed by atoms with Crippen LogP contribution in [-0.4, -0.2) is 75.2 Å². The molecule has 1 saturated heterocycles. The van der Waals surface area contributed by atoms with Crippen LogP contribution >= 0.6 is 11.3 Å². The third-order valence-electron chi connectivity index (χ3n) is 6.09. The molecule has 2 aromatic heterocycles. The Labute approximate surface area is 206 Å². The SMILES string of the molecule is Cc1nc2cc(OCC(O)CN3CCN(c4cc(O)n(-c5cccc(F)c5)c4O)CC3)ccc2s1. The number of piperazine rings is 1. The van der Waals surface area contributed by atoms with E-state index in [1.54, 1.807) is 17.4 Å². The molecule has 5 rings (SSSR count). The number of aliphatic hydroxyl groups excluding tert-OH is 1. The van der Waals surface area contributed by atoms with Crippen molar-refractivity contribution in [2.75, 3.05) is 44.2 Å². The molecule has 3 heterocycles. The highest BCUT2D eigenvalue weighted by atomic mass is 32.1. The van der Waals surface area contributed by atoms with E-state index in [0.717, 1.165) is 15.2 Å². The van der Waals surface area contributed by atoms with E-state index in [-0.39, 0.29) is 18.4 Å². The summed E-state index contributed by atoms with van der Waals surface area (Å²) in [6.45, 7) is 5.17. The fourth-order valence-electron chi connectivity index (χ4n) is 4.40. The lowest BCUT2D eigenvalue weighted by molar-refractivity contribution is 0.0663. The van der Waals surface area contributed by atoms with Gasteiger partial charge in [0.25, 0.3) is 0 Å². The van der Waals surface area contributed by atoms with Crippen LogP contribution in [0.15, 0.2) is 48.5 Å². The number of β-amino-alcohol motifs (C(OH)–C–C–N with tert-alkyl or cyclic N) is 1. The van der Waals surface area contributed by atoms with Gasteiger partial charge in [-0.05, 0) is 37.3 Å². The molecule has 1 aliphatic heterocycles. The van der Waals surface area contributed by atoms with Crippen LogP contribution in [-0.2, 0) is 0 Å². The Morgan fingerprint density at radius 1 is 1.09 bits per heavy atom. The van der Waals surface area contributed by atoms with Crippen molar-refractivity contribution in [3.05, 3.63) is 59.4 Å². The maximum atomic E-state index is 13.6. The van der Waals surface area contributed by atoms with Gasteiger partial charge in [0.1, 0.15) is 30.0 Å². The molecule has 0 spiro atoms. The number of rotatable bonds is 7. The fraction of sp³-hybridized carbons (Fsp3) is 0.320. The number of thiazole rings is 1. The zero-order valence-electron chi connectivity index (χ0n) is 19.3. The molecule has 2 aromatic carbocycles. The average Bonchev–Trinajstić information content (AvgIpc) is 3.35. The van der Waals surface area contributed by atoms with Crippen LogP contribution < -0.4 is 9.64 Å². The summed E-state index contributed by atoms with van der Waals surface area (Å²) in [6.07, 6.45) is -0.652. The van der Waals surface area contributed by atoms with Gasteiger partial charge in [-0.3, -0.25) is 4.90 Å². The smallest absolute Gasteiger partial charge is 0.223 e. The van der Waals surface area contributed by atoms with E-state index in [2.05, 4.69) is 9.88 Å².